The maximum atomic E-state index is 6.11. The van der Waals surface area contributed by atoms with Crippen LogP contribution in [-0.2, 0) is 6.42 Å². The van der Waals surface area contributed by atoms with Crippen molar-refractivity contribution in [3.63, 3.8) is 0 Å². The molecule has 1 heterocycles. The van der Waals surface area contributed by atoms with Crippen molar-refractivity contribution in [2.45, 2.75) is 45.6 Å². The van der Waals surface area contributed by atoms with Gasteiger partial charge >= 0.3 is 0 Å². The number of nitrogens with two attached hydrogens (primary N) is 1. The van der Waals surface area contributed by atoms with Crippen LogP contribution in [0.2, 0.25) is 0 Å². The molecule has 0 saturated heterocycles. The molecule has 1 unspecified atom stereocenters. The van der Waals surface area contributed by atoms with Crippen molar-refractivity contribution in [3.8, 4) is 0 Å². The largest absolute Gasteiger partial charge is 0.351 e. The number of aromatic nitrogens is 1. The summed E-state index contributed by atoms with van der Waals surface area (Å²) in [5.41, 5.74) is 7.27. The summed E-state index contributed by atoms with van der Waals surface area (Å²) < 4.78 is 0. The van der Waals surface area contributed by atoms with Crippen LogP contribution in [0.5, 0.6) is 0 Å². The molecule has 0 aliphatic heterocycles. The van der Waals surface area contributed by atoms with Gasteiger partial charge in [0.25, 0.3) is 0 Å². The molecular formula is C13H23N3S. The average Bonchev–Trinajstić information content (AvgIpc) is 2.71. The standard InChI is InChI=1S/C13H23N3S/c1-9(2)7-8-16(3)13-15-12-10(14)5-4-6-11(12)17-13/h9-10H,4-8,14H2,1-3H3. The molecule has 4 heteroatoms. The van der Waals surface area contributed by atoms with E-state index < -0.39 is 0 Å². The first-order valence-corrected chi connectivity index (χ1v) is 7.36. The topological polar surface area (TPSA) is 42.2 Å². The molecule has 0 bridgehead atoms. The molecule has 0 saturated carbocycles. The highest BCUT2D eigenvalue weighted by atomic mass is 32.1. The summed E-state index contributed by atoms with van der Waals surface area (Å²) in [7, 11) is 2.14. The third-order valence-electron chi connectivity index (χ3n) is 3.35. The molecule has 1 aliphatic carbocycles. The van der Waals surface area contributed by atoms with Gasteiger partial charge in [0.2, 0.25) is 0 Å². The van der Waals surface area contributed by atoms with Crippen LogP contribution < -0.4 is 10.6 Å². The van der Waals surface area contributed by atoms with Gasteiger partial charge in [-0.25, -0.2) is 4.98 Å². The molecule has 3 nitrogen and oxygen atoms in total. The normalized spacial score (nSPS) is 19.5. The van der Waals surface area contributed by atoms with Crippen LogP contribution in [0, 0.1) is 5.92 Å². The van der Waals surface area contributed by atoms with Crippen molar-refractivity contribution in [1.82, 2.24) is 4.98 Å². The lowest BCUT2D eigenvalue weighted by Crippen LogP contribution is -2.20. The number of aryl methyl sites for hydroxylation is 1. The van der Waals surface area contributed by atoms with Crippen LogP contribution in [0.3, 0.4) is 0 Å². The fourth-order valence-electron chi connectivity index (χ4n) is 2.15. The van der Waals surface area contributed by atoms with Crippen LogP contribution in [0.1, 0.15) is 49.7 Å². The van der Waals surface area contributed by atoms with Gasteiger partial charge in [0.1, 0.15) is 0 Å². The van der Waals surface area contributed by atoms with E-state index in [-0.39, 0.29) is 6.04 Å². The van der Waals surface area contributed by atoms with E-state index >= 15 is 0 Å². The van der Waals surface area contributed by atoms with Gasteiger partial charge in [-0.05, 0) is 31.6 Å². The Morgan fingerprint density at radius 1 is 1.53 bits per heavy atom. The Balaban J connectivity index is 2.06. The fraction of sp³-hybridized carbons (Fsp3) is 0.769. The predicted octanol–water partition coefficient (Wildman–Crippen LogP) is 2.96. The number of hydrogen-bond acceptors (Lipinski definition) is 4. The molecule has 1 atom stereocenters. The first-order chi connectivity index (χ1) is 8.08. The Hall–Kier alpha value is -0.610. The van der Waals surface area contributed by atoms with Crippen LogP contribution in [-0.4, -0.2) is 18.6 Å². The van der Waals surface area contributed by atoms with Crippen LogP contribution in [0.4, 0.5) is 5.13 Å². The molecule has 2 N–H and O–H groups in total. The van der Waals surface area contributed by atoms with E-state index in [2.05, 4.69) is 25.8 Å². The zero-order valence-corrected chi connectivity index (χ0v) is 11.9. The van der Waals surface area contributed by atoms with Gasteiger partial charge < -0.3 is 10.6 Å². The second-order valence-electron chi connectivity index (χ2n) is 5.41. The molecule has 0 aromatic carbocycles. The first kappa shape index (κ1) is 12.8. The lowest BCUT2D eigenvalue weighted by Gasteiger charge is -2.17. The molecule has 1 aliphatic rings. The number of hydrogen-bond donors (Lipinski definition) is 1. The van der Waals surface area contributed by atoms with Crippen molar-refractivity contribution in [1.29, 1.82) is 0 Å². The summed E-state index contributed by atoms with van der Waals surface area (Å²) in [6.07, 6.45) is 4.68. The monoisotopic (exact) mass is 253 g/mol. The number of anilines is 1. The molecule has 0 radical (unpaired) electrons. The number of rotatable bonds is 4. The van der Waals surface area contributed by atoms with Crippen molar-refractivity contribution >= 4 is 16.5 Å². The number of nitrogens with zero attached hydrogens (tertiary/aromatic N) is 2. The van der Waals surface area contributed by atoms with Gasteiger partial charge in [-0.2, -0.15) is 0 Å². The highest BCUT2D eigenvalue weighted by Gasteiger charge is 2.22. The quantitative estimate of drug-likeness (QED) is 0.897. The van der Waals surface area contributed by atoms with Gasteiger partial charge in [-0.3, -0.25) is 0 Å². The van der Waals surface area contributed by atoms with Gasteiger partial charge in [0.15, 0.2) is 5.13 Å². The highest BCUT2D eigenvalue weighted by Crippen LogP contribution is 2.35. The van der Waals surface area contributed by atoms with Crippen LogP contribution >= 0.6 is 11.3 Å². The van der Waals surface area contributed by atoms with Crippen molar-refractivity contribution in [3.05, 3.63) is 10.6 Å². The van der Waals surface area contributed by atoms with Crippen LogP contribution in [0.25, 0.3) is 0 Å². The third-order valence-corrected chi connectivity index (χ3v) is 4.60. The van der Waals surface area contributed by atoms with Gasteiger partial charge in [-0.15, -0.1) is 11.3 Å². The summed E-state index contributed by atoms with van der Waals surface area (Å²) in [6.45, 7) is 5.60. The van der Waals surface area contributed by atoms with E-state index in [9.17, 15) is 0 Å². The Morgan fingerprint density at radius 3 is 2.94 bits per heavy atom. The molecule has 1 aromatic heterocycles. The maximum absolute atomic E-state index is 6.11. The minimum Gasteiger partial charge on any atom is -0.351 e. The van der Waals surface area contributed by atoms with Crippen molar-refractivity contribution in [2.75, 3.05) is 18.5 Å². The van der Waals surface area contributed by atoms with E-state index in [1.54, 1.807) is 0 Å². The number of thiazole rings is 1. The Labute approximate surface area is 108 Å². The van der Waals surface area contributed by atoms with Crippen molar-refractivity contribution < 1.29 is 0 Å². The second-order valence-corrected chi connectivity index (χ2v) is 6.47. The van der Waals surface area contributed by atoms with Gasteiger partial charge in [-0.1, -0.05) is 13.8 Å². The smallest absolute Gasteiger partial charge is 0.185 e. The summed E-state index contributed by atoms with van der Waals surface area (Å²) in [5.74, 6) is 0.745. The molecule has 17 heavy (non-hydrogen) atoms. The summed E-state index contributed by atoms with van der Waals surface area (Å²) >= 11 is 1.83. The third kappa shape index (κ3) is 2.99. The minimum atomic E-state index is 0.169. The molecule has 0 amide bonds. The van der Waals surface area contributed by atoms with E-state index in [0.29, 0.717) is 0 Å². The lowest BCUT2D eigenvalue weighted by molar-refractivity contribution is 0.561. The zero-order valence-electron chi connectivity index (χ0n) is 11.1. The van der Waals surface area contributed by atoms with Gasteiger partial charge in [0.05, 0.1) is 5.69 Å². The van der Waals surface area contributed by atoms with E-state index in [1.807, 2.05) is 11.3 Å². The Morgan fingerprint density at radius 2 is 2.29 bits per heavy atom. The summed E-state index contributed by atoms with van der Waals surface area (Å²) in [4.78, 5) is 8.41. The first-order valence-electron chi connectivity index (χ1n) is 6.54. The van der Waals surface area contributed by atoms with Gasteiger partial charge in [0, 0.05) is 24.5 Å². The highest BCUT2D eigenvalue weighted by molar-refractivity contribution is 7.15. The summed E-state index contributed by atoms with van der Waals surface area (Å²) in [5, 5.41) is 1.15. The Bertz CT molecular complexity index is 373. The second kappa shape index (κ2) is 5.36. The molecular weight excluding hydrogens is 230 g/mol. The van der Waals surface area contributed by atoms with E-state index in [1.165, 1.54) is 24.1 Å². The SMILES string of the molecule is CC(C)CCN(C)c1nc2c(s1)CCCC2N. The summed E-state index contributed by atoms with van der Waals surface area (Å²) in [6, 6.07) is 0.169. The lowest BCUT2D eigenvalue weighted by atomic mass is 9.99. The van der Waals surface area contributed by atoms with E-state index in [4.69, 9.17) is 10.7 Å². The molecule has 0 fully saturated rings. The molecule has 1 aromatic rings. The Kier molecular flexibility index (Phi) is 4.05. The molecule has 96 valence electrons. The minimum absolute atomic E-state index is 0.169. The fourth-order valence-corrected chi connectivity index (χ4v) is 3.31. The number of fused-ring (bicyclic) bond motifs is 1. The molecule has 2 rings (SSSR count). The predicted molar refractivity (Wildman–Crippen MR) is 74.7 cm³/mol. The maximum Gasteiger partial charge on any atom is 0.185 e. The van der Waals surface area contributed by atoms with Crippen LogP contribution in [0.15, 0.2) is 0 Å². The van der Waals surface area contributed by atoms with Crippen molar-refractivity contribution in [2.24, 2.45) is 11.7 Å². The zero-order chi connectivity index (χ0) is 12.4. The van der Waals surface area contributed by atoms with E-state index in [0.717, 1.165) is 29.7 Å². The molecule has 0 spiro atoms. The average molecular weight is 253 g/mol.